The lowest BCUT2D eigenvalue weighted by molar-refractivity contribution is 0.190. The molecule has 0 radical (unpaired) electrons. The van der Waals surface area contributed by atoms with Gasteiger partial charge in [0.25, 0.3) is 0 Å². The van der Waals surface area contributed by atoms with Gasteiger partial charge in [-0.15, -0.1) is 0 Å². The topological polar surface area (TPSA) is 53.7 Å². The van der Waals surface area contributed by atoms with Gasteiger partial charge >= 0.3 is 0 Å². The van der Waals surface area contributed by atoms with Gasteiger partial charge in [0, 0.05) is 25.3 Å². The normalized spacial score (nSPS) is 12.2. The fourth-order valence-corrected chi connectivity index (χ4v) is 1.81. The molecule has 1 aromatic carbocycles. The van der Waals surface area contributed by atoms with Gasteiger partial charge in [-0.2, -0.15) is 0 Å². The second-order valence-corrected chi connectivity index (χ2v) is 3.82. The quantitative estimate of drug-likeness (QED) is 0.741. The summed E-state index contributed by atoms with van der Waals surface area (Å²) in [6.45, 7) is 0.722. The Kier molecular flexibility index (Phi) is 5.80. The number of para-hydroxylation sites is 1. The average Bonchev–Trinajstić information content (AvgIpc) is 2.37. The van der Waals surface area contributed by atoms with Crippen LogP contribution in [0.1, 0.15) is 24.4 Å². The number of hydrogen-bond acceptors (Lipinski definition) is 4. The molecule has 0 heterocycles. The van der Waals surface area contributed by atoms with Crippen molar-refractivity contribution in [2.24, 2.45) is 5.73 Å². The van der Waals surface area contributed by atoms with Crippen LogP contribution in [0.5, 0.6) is 11.5 Å². The van der Waals surface area contributed by atoms with E-state index < -0.39 is 0 Å². The van der Waals surface area contributed by atoms with Crippen molar-refractivity contribution in [1.29, 1.82) is 0 Å². The predicted octanol–water partition coefficient (Wildman–Crippen LogP) is 2.13. The van der Waals surface area contributed by atoms with E-state index in [0.717, 1.165) is 30.8 Å². The summed E-state index contributed by atoms with van der Waals surface area (Å²) in [5.41, 5.74) is 7.12. The third-order valence-corrected chi connectivity index (χ3v) is 2.70. The Morgan fingerprint density at radius 1 is 1.18 bits per heavy atom. The Labute approximate surface area is 103 Å². The van der Waals surface area contributed by atoms with Crippen LogP contribution >= 0.6 is 0 Å². The third kappa shape index (κ3) is 3.61. The van der Waals surface area contributed by atoms with Crippen LogP contribution in [-0.4, -0.2) is 27.9 Å². The van der Waals surface area contributed by atoms with Crippen molar-refractivity contribution in [1.82, 2.24) is 0 Å². The highest BCUT2D eigenvalue weighted by Gasteiger charge is 2.15. The van der Waals surface area contributed by atoms with Crippen molar-refractivity contribution in [2.75, 3.05) is 27.9 Å². The Bertz CT molecular complexity index is 341. The van der Waals surface area contributed by atoms with Crippen LogP contribution < -0.4 is 15.2 Å². The predicted molar refractivity (Wildman–Crippen MR) is 67.6 cm³/mol. The Balaban J connectivity index is 2.81. The largest absolute Gasteiger partial charge is 0.493 e. The van der Waals surface area contributed by atoms with Crippen LogP contribution in [0.15, 0.2) is 18.2 Å². The maximum atomic E-state index is 6.14. The van der Waals surface area contributed by atoms with E-state index >= 15 is 0 Å². The highest BCUT2D eigenvalue weighted by Crippen LogP contribution is 2.34. The highest BCUT2D eigenvalue weighted by molar-refractivity contribution is 5.47. The Hall–Kier alpha value is -1.26. The number of hydrogen-bond donors (Lipinski definition) is 1. The molecule has 17 heavy (non-hydrogen) atoms. The van der Waals surface area contributed by atoms with Crippen LogP contribution in [0.2, 0.25) is 0 Å². The van der Waals surface area contributed by atoms with Crippen LogP contribution in [0.3, 0.4) is 0 Å². The van der Waals surface area contributed by atoms with Crippen molar-refractivity contribution < 1.29 is 14.2 Å². The summed E-state index contributed by atoms with van der Waals surface area (Å²) < 4.78 is 15.6. The maximum absolute atomic E-state index is 6.14. The lowest BCUT2D eigenvalue weighted by atomic mass is 10.0. The molecule has 0 aliphatic carbocycles. The molecular formula is C13H21NO3. The summed E-state index contributed by atoms with van der Waals surface area (Å²) in [4.78, 5) is 0. The number of rotatable bonds is 7. The molecular weight excluding hydrogens is 218 g/mol. The van der Waals surface area contributed by atoms with Gasteiger partial charge in [0.1, 0.15) is 0 Å². The molecule has 1 unspecified atom stereocenters. The van der Waals surface area contributed by atoms with E-state index in [0.29, 0.717) is 5.75 Å². The lowest BCUT2D eigenvalue weighted by Gasteiger charge is -2.17. The Morgan fingerprint density at radius 2 is 1.94 bits per heavy atom. The summed E-state index contributed by atoms with van der Waals surface area (Å²) in [6.07, 6.45) is 1.79. The minimum absolute atomic E-state index is 0.0600. The smallest absolute Gasteiger partial charge is 0.165 e. The van der Waals surface area contributed by atoms with Gasteiger partial charge in [-0.25, -0.2) is 0 Å². The van der Waals surface area contributed by atoms with Gasteiger partial charge in [-0.05, 0) is 18.9 Å². The monoisotopic (exact) mass is 239 g/mol. The van der Waals surface area contributed by atoms with Crippen molar-refractivity contribution in [3.8, 4) is 11.5 Å². The standard InChI is InChI=1S/C13H21NO3/c1-15-9-5-7-11(14)10-6-4-8-12(16-2)13(10)17-3/h4,6,8,11H,5,7,9,14H2,1-3H3. The minimum Gasteiger partial charge on any atom is -0.493 e. The van der Waals surface area contributed by atoms with Gasteiger partial charge in [-0.3, -0.25) is 0 Å². The number of methoxy groups -OCH3 is 3. The van der Waals surface area contributed by atoms with Crippen LogP contribution in [0, 0.1) is 0 Å². The minimum atomic E-state index is -0.0600. The van der Waals surface area contributed by atoms with Gasteiger partial charge in [0.2, 0.25) is 0 Å². The molecule has 1 rings (SSSR count). The first-order valence-electron chi connectivity index (χ1n) is 5.70. The summed E-state index contributed by atoms with van der Waals surface area (Å²) in [5.74, 6) is 1.44. The summed E-state index contributed by atoms with van der Waals surface area (Å²) in [6, 6.07) is 5.70. The molecule has 0 amide bonds. The summed E-state index contributed by atoms with van der Waals surface area (Å²) in [5, 5.41) is 0. The molecule has 0 spiro atoms. The van der Waals surface area contributed by atoms with E-state index in [1.165, 1.54) is 0 Å². The zero-order chi connectivity index (χ0) is 12.7. The molecule has 1 atom stereocenters. The van der Waals surface area contributed by atoms with Crippen molar-refractivity contribution in [2.45, 2.75) is 18.9 Å². The van der Waals surface area contributed by atoms with E-state index in [2.05, 4.69) is 0 Å². The van der Waals surface area contributed by atoms with Gasteiger partial charge in [0.15, 0.2) is 11.5 Å². The van der Waals surface area contributed by atoms with E-state index in [9.17, 15) is 0 Å². The van der Waals surface area contributed by atoms with E-state index in [1.54, 1.807) is 21.3 Å². The second-order valence-electron chi connectivity index (χ2n) is 3.82. The molecule has 96 valence electrons. The number of nitrogens with two attached hydrogens (primary N) is 1. The molecule has 0 aliphatic heterocycles. The van der Waals surface area contributed by atoms with Crippen LogP contribution in [0.4, 0.5) is 0 Å². The molecule has 0 aromatic heterocycles. The zero-order valence-corrected chi connectivity index (χ0v) is 10.7. The van der Waals surface area contributed by atoms with E-state index in [-0.39, 0.29) is 6.04 Å². The highest BCUT2D eigenvalue weighted by atomic mass is 16.5. The first kappa shape index (κ1) is 13.8. The molecule has 0 aliphatic rings. The summed E-state index contributed by atoms with van der Waals surface area (Å²) >= 11 is 0. The van der Waals surface area contributed by atoms with Gasteiger partial charge < -0.3 is 19.9 Å². The first-order valence-corrected chi connectivity index (χ1v) is 5.70. The Morgan fingerprint density at radius 3 is 2.53 bits per heavy atom. The molecule has 0 fully saturated rings. The molecule has 4 nitrogen and oxygen atoms in total. The molecule has 0 saturated heterocycles. The SMILES string of the molecule is COCCCC(N)c1cccc(OC)c1OC. The zero-order valence-electron chi connectivity index (χ0n) is 10.7. The third-order valence-electron chi connectivity index (χ3n) is 2.70. The fraction of sp³-hybridized carbons (Fsp3) is 0.538. The number of ether oxygens (including phenoxy) is 3. The average molecular weight is 239 g/mol. The molecule has 1 aromatic rings. The maximum Gasteiger partial charge on any atom is 0.165 e. The van der Waals surface area contributed by atoms with Crippen LogP contribution in [0.25, 0.3) is 0 Å². The summed E-state index contributed by atoms with van der Waals surface area (Å²) in [7, 11) is 4.94. The first-order chi connectivity index (χ1) is 8.24. The second kappa shape index (κ2) is 7.14. The lowest BCUT2D eigenvalue weighted by Crippen LogP contribution is -2.12. The fourth-order valence-electron chi connectivity index (χ4n) is 1.81. The molecule has 2 N–H and O–H groups in total. The van der Waals surface area contributed by atoms with Gasteiger partial charge in [0.05, 0.1) is 14.2 Å². The van der Waals surface area contributed by atoms with E-state index in [4.69, 9.17) is 19.9 Å². The van der Waals surface area contributed by atoms with Crippen molar-refractivity contribution in [3.63, 3.8) is 0 Å². The molecule has 0 bridgehead atoms. The molecule has 4 heteroatoms. The van der Waals surface area contributed by atoms with Crippen molar-refractivity contribution >= 4 is 0 Å². The van der Waals surface area contributed by atoms with E-state index in [1.807, 2.05) is 18.2 Å². The van der Waals surface area contributed by atoms with Crippen LogP contribution in [-0.2, 0) is 4.74 Å². The molecule has 0 saturated carbocycles. The van der Waals surface area contributed by atoms with Crippen molar-refractivity contribution in [3.05, 3.63) is 23.8 Å². The number of benzene rings is 1. The van der Waals surface area contributed by atoms with Gasteiger partial charge in [-0.1, -0.05) is 12.1 Å².